The Morgan fingerprint density at radius 3 is 2.64 bits per heavy atom. The van der Waals surface area contributed by atoms with Crippen molar-refractivity contribution in [3.05, 3.63) is 58.7 Å². The maximum absolute atomic E-state index is 12.2. The molecule has 0 radical (unpaired) electrons. The monoisotopic (exact) mass is 315 g/mol. The molecule has 2 unspecified atom stereocenters. The number of amides is 2. The molecular weight excluding hydrogens is 302 g/mol. The Kier molecular flexibility index (Phi) is 3.81. The van der Waals surface area contributed by atoms with Crippen LogP contribution in [0.2, 0.25) is 5.02 Å². The molecule has 1 aliphatic carbocycles. The number of anilines is 1. The van der Waals surface area contributed by atoms with Crippen LogP contribution in [-0.2, 0) is 4.79 Å². The molecule has 1 aliphatic rings. The van der Waals surface area contributed by atoms with Crippen molar-refractivity contribution in [1.29, 1.82) is 0 Å². The Morgan fingerprint density at radius 1 is 1.27 bits per heavy atom. The van der Waals surface area contributed by atoms with Crippen molar-refractivity contribution in [1.82, 2.24) is 4.98 Å². The van der Waals surface area contributed by atoms with Gasteiger partial charge in [-0.05, 0) is 24.0 Å². The summed E-state index contributed by atoms with van der Waals surface area (Å²) in [6.45, 7) is 0. The molecule has 112 valence electrons. The molecule has 0 spiro atoms. The van der Waals surface area contributed by atoms with Crippen LogP contribution in [-0.4, -0.2) is 16.8 Å². The number of rotatable bonds is 4. The number of primary amides is 1. The van der Waals surface area contributed by atoms with Crippen LogP contribution < -0.4 is 11.1 Å². The first-order valence-corrected chi connectivity index (χ1v) is 7.25. The van der Waals surface area contributed by atoms with Gasteiger partial charge in [-0.2, -0.15) is 0 Å². The smallest absolute Gasteiger partial charge is 0.250 e. The lowest BCUT2D eigenvalue weighted by atomic mass is 10.1. The van der Waals surface area contributed by atoms with Gasteiger partial charge in [-0.1, -0.05) is 41.9 Å². The molecule has 1 aromatic heterocycles. The zero-order chi connectivity index (χ0) is 15.7. The van der Waals surface area contributed by atoms with Gasteiger partial charge in [-0.3, -0.25) is 9.59 Å². The molecule has 2 atom stereocenters. The third-order valence-electron chi connectivity index (χ3n) is 3.72. The summed E-state index contributed by atoms with van der Waals surface area (Å²) in [5.41, 5.74) is 6.51. The van der Waals surface area contributed by atoms with Gasteiger partial charge in [0.15, 0.2) is 5.82 Å². The van der Waals surface area contributed by atoms with E-state index in [2.05, 4.69) is 10.3 Å². The predicted octanol–water partition coefficient (Wildman–Crippen LogP) is 2.58. The third kappa shape index (κ3) is 2.94. The first-order chi connectivity index (χ1) is 10.6. The van der Waals surface area contributed by atoms with E-state index in [0.29, 0.717) is 0 Å². The van der Waals surface area contributed by atoms with Crippen molar-refractivity contribution >= 4 is 29.2 Å². The molecule has 2 aromatic rings. The van der Waals surface area contributed by atoms with Crippen molar-refractivity contribution in [3.63, 3.8) is 0 Å². The van der Waals surface area contributed by atoms with Gasteiger partial charge in [-0.25, -0.2) is 4.98 Å². The van der Waals surface area contributed by atoms with Gasteiger partial charge in [0, 0.05) is 12.1 Å². The second-order valence-corrected chi connectivity index (χ2v) is 5.67. The Labute approximate surface area is 132 Å². The summed E-state index contributed by atoms with van der Waals surface area (Å²) in [5.74, 6) is -0.315. The molecule has 1 fully saturated rings. The number of halogens is 1. The molecule has 0 bridgehead atoms. The summed E-state index contributed by atoms with van der Waals surface area (Å²) in [7, 11) is 0. The third-order valence-corrected chi connectivity index (χ3v) is 4.01. The Morgan fingerprint density at radius 2 is 2.00 bits per heavy atom. The lowest BCUT2D eigenvalue weighted by Crippen LogP contribution is -2.17. The summed E-state index contributed by atoms with van der Waals surface area (Å²) >= 11 is 6.01. The molecule has 1 aromatic carbocycles. The largest absolute Gasteiger partial charge is 0.366 e. The van der Waals surface area contributed by atoms with Crippen LogP contribution in [0.3, 0.4) is 0 Å². The maximum atomic E-state index is 12.2. The van der Waals surface area contributed by atoms with E-state index in [0.717, 1.165) is 12.0 Å². The second-order valence-electron chi connectivity index (χ2n) is 5.27. The lowest BCUT2D eigenvalue weighted by Gasteiger charge is -2.07. The van der Waals surface area contributed by atoms with Crippen molar-refractivity contribution in [2.24, 2.45) is 11.7 Å². The maximum Gasteiger partial charge on any atom is 0.250 e. The number of hydrogen-bond donors (Lipinski definition) is 2. The Hall–Kier alpha value is -2.40. The van der Waals surface area contributed by atoms with Gasteiger partial charge in [0.1, 0.15) is 0 Å². The molecule has 3 rings (SSSR count). The highest BCUT2D eigenvalue weighted by Gasteiger charge is 2.44. The van der Waals surface area contributed by atoms with Crippen LogP contribution in [0, 0.1) is 5.92 Å². The average Bonchev–Trinajstić information content (AvgIpc) is 3.30. The number of nitrogens with one attached hydrogen (secondary N) is 1. The van der Waals surface area contributed by atoms with Crippen LogP contribution in [0.5, 0.6) is 0 Å². The predicted molar refractivity (Wildman–Crippen MR) is 83.7 cm³/mol. The van der Waals surface area contributed by atoms with E-state index in [1.54, 1.807) is 0 Å². The first kappa shape index (κ1) is 14.5. The summed E-state index contributed by atoms with van der Waals surface area (Å²) in [6, 6.07) is 11.3. The van der Waals surface area contributed by atoms with Crippen molar-refractivity contribution < 1.29 is 9.59 Å². The number of pyridine rings is 1. The number of aromatic nitrogens is 1. The van der Waals surface area contributed by atoms with E-state index in [4.69, 9.17) is 17.3 Å². The van der Waals surface area contributed by atoms with E-state index in [1.165, 1.54) is 12.3 Å². The number of hydrogen-bond acceptors (Lipinski definition) is 3. The normalized spacial score (nSPS) is 19.5. The second kappa shape index (κ2) is 5.77. The van der Waals surface area contributed by atoms with E-state index in [-0.39, 0.29) is 34.1 Å². The molecule has 3 N–H and O–H groups in total. The SMILES string of the molecule is NC(=O)c1cnc(NC(=O)C2CC2c2ccccc2)c(Cl)c1. The van der Waals surface area contributed by atoms with E-state index in [9.17, 15) is 9.59 Å². The van der Waals surface area contributed by atoms with E-state index < -0.39 is 5.91 Å². The molecule has 22 heavy (non-hydrogen) atoms. The fourth-order valence-electron chi connectivity index (χ4n) is 2.43. The van der Waals surface area contributed by atoms with Gasteiger partial charge in [0.25, 0.3) is 0 Å². The van der Waals surface area contributed by atoms with Crippen LogP contribution in [0.4, 0.5) is 5.82 Å². The molecule has 0 aliphatic heterocycles. The molecule has 5 nitrogen and oxygen atoms in total. The molecule has 2 amide bonds. The minimum absolute atomic E-state index is 0.0731. The minimum atomic E-state index is -0.612. The quantitative estimate of drug-likeness (QED) is 0.909. The zero-order valence-electron chi connectivity index (χ0n) is 11.6. The summed E-state index contributed by atoms with van der Waals surface area (Å²) in [4.78, 5) is 27.3. The molecule has 1 heterocycles. The molecule has 6 heteroatoms. The van der Waals surface area contributed by atoms with E-state index in [1.807, 2.05) is 30.3 Å². The van der Waals surface area contributed by atoms with Crippen LogP contribution in [0.15, 0.2) is 42.6 Å². The molecular formula is C16H14ClN3O2. The Balaban J connectivity index is 1.67. The van der Waals surface area contributed by atoms with Crippen molar-refractivity contribution in [2.75, 3.05) is 5.32 Å². The van der Waals surface area contributed by atoms with Crippen molar-refractivity contribution in [2.45, 2.75) is 12.3 Å². The van der Waals surface area contributed by atoms with Crippen LogP contribution in [0.1, 0.15) is 28.3 Å². The minimum Gasteiger partial charge on any atom is -0.366 e. The van der Waals surface area contributed by atoms with Crippen LogP contribution >= 0.6 is 11.6 Å². The van der Waals surface area contributed by atoms with Gasteiger partial charge in [-0.15, -0.1) is 0 Å². The first-order valence-electron chi connectivity index (χ1n) is 6.87. The fraction of sp³-hybridized carbons (Fsp3) is 0.188. The zero-order valence-corrected chi connectivity index (χ0v) is 12.4. The molecule has 1 saturated carbocycles. The summed E-state index contributed by atoms with van der Waals surface area (Å²) in [6.07, 6.45) is 2.11. The number of benzene rings is 1. The summed E-state index contributed by atoms with van der Waals surface area (Å²) < 4.78 is 0. The van der Waals surface area contributed by atoms with Gasteiger partial charge in [0.2, 0.25) is 11.8 Å². The van der Waals surface area contributed by atoms with E-state index >= 15 is 0 Å². The van der Waals surface area contributed by atoms with Crippen LogP contribution in [0.25, 0.3) is 0 Å². The number of nitrogens with two attached hydrogens (primary N) is 1. The highest BCUT2D eigenvalue weighted by Crippen LogP contribution is 2.47. The van der Waals surface area contributed by atoms with Gasteiger partial charge < -0.3 is 11.1 Å². The number of carbonyl (C=O) groups is 2. The number of nitrogens with zero attached hydrogens (tertiary/aromatic N) is 1. The lowest BCUT2D eigenvalue weighted by molar-refractivity contribution is -0.117. The highest BCUT2D eigenvalue weighted by molar-refractivity contribution is 6.33. The standard InChI is InChI=1S/C16H14ClN3O2/c17-13-6-10(14(18)21)8-19-15(13)20-16(22)12-7-11(12)9-4-2-1-3-5-9/h1-6,8,11-12H,7H2,(H2,18,21)(H,19,20,22). The number of carbonyl (C=O) groups excluding carboxylic acids is 2. The average molecular weight is 316 g/mol. The molecule has 0 saturated heterocycles. The van der Waals surface area contributed by atoms with Crippen molar-refractivity contribution in [3.8, 4) is 0 Å². The van der Waals surface area contributed by atoms with Gasteiger partial charge >= 0.3 is 0 Å². The topological polar surface area (TPSA) is 85.1 Å². The highest BCUT2D eigenvalue weighted by atomic mass is 35.5. The van der Waals surface area contributed by atoms with Gasteiger partial charge in [0.05, 0.1) is 10.6 Å². The Bertz CT molecular complexity index is 733. The fourth-order valence-corrected chi connectivity index (χ4v) is 2.64. The summed E-state index contributed by atoms with van der Waals surface area (Å²) in [5, 5.41) is 2.90.